The smallest absolute Gasteiger partial charge is 0.308 e. The van der Waals surface area contributed by atoms with Crippen LogP contribution in [-0.4, -0.2) is 5.97 Å². The van der Waals surface area contributed by atoms with Gasteiger partial charge in [-0.05, 0) is 24.3 Å². The van der Waals surface area contributed by atoms with E-state index in [1.807, 2.05) is 6.08 Å². The number of ether oxygens (including phenoxy) is 1. The predicted octanol–water partition coefficient (Wildman–Crippen LogP) is 4.25. The Hall–Kier alpha value is -1.31. The SMILES string of the molecule is C=C(/C=C\C(=C)C(C)CCC(C)C)OC(C)=O. The standard InChI is InChI=1S/C15H24O2/c1-11(2)7-8-12(3)13(4)9-10-14(5)17-15(6)16/h9-12H,4-5,7-8H2,1-3,6H3/b10-9-. The number of hydrogen-bond donors (Lipinski definition) is 0. The van der Waals surface area contributed by atoms with E-state index in [-0.39, 0.29) is 5.97 Å². The summed E-state index contributed by atoms with van der Waals surface area (Å²) in [5.41, 5.74) is 1.04. The summed E-state index contributed by atoms with van der Waals surface area (Å²) in [5.74, 6) is 1.16. The fourth-order valence-corrected chi connectivity index (χ4v) is 1.35. The van der Waals surface area contributed by atoms with Crippen LogP contribution in [0.4, 0.5) is 0 Å². The minimum Gasteiger partial charge on any atom is -0.427 e. The first kappa shape index (κ1) is 15.7. The minimum atomic E-state index is -0.349. The summed E-state index contributed by atoms with van der Waals surface area (Å²) in [6.45, 7) is 15.6. The van der Waals surface area contributed by atoms with Gasteiger partial charge in [-0.15, -0.1) is 0 Å². The third-order valence-corrected chi connectivity index (χ3v) is 2.57. The molecule has 0 radical (unpaired) electrons. The minimum absolute atomic E-state index is 0.349. The topological polar surface area (TPSA) is 26.3 Å². The number of carbonyl (C=O) groups excluding carboxylic acids is 1. The molecule has 0 saturated heterocycles. The van der Waals surface area contributed by atoms with Crippen LogP contribution in [0.25, 0.3) is 0 Å². The van der Waals surface area contributed by atoms with Crippen molar-refractivity contribution in [2.75, 3.05) is 0 Å². The molecule has 2 nitrogen and oxygen atoms in total. The van der Waals surface area contributed by atoms with Gasteiger partial charge in [-0.25, -0.2) is 0 Å². The highest BCUT2D eigenvalue weighted by molar-refractivity contribution is 5.67. The van der Waals surface area contributed by atoms with Gasteiger partial charge in [-0.1, -0.05) is 52.0 Å². The molecule has 0 aliphatic carbocycles. The van der Waals surface area contributed by atoms with Crippen molar-refractivity contribution in [3.63, 3.8) is 0 Å². The summed E-state index contributed by atoms with van der Waals surface area (Å²) < 4.78 is 4.82. The third kappa shape index (κ3) is 8.49. The molecule has 0 aliphatic heterocycles. The molecule has 96 valence electrons. The quantitative estimate of drug-likeness (QED) is 0.375. The van der Waals surface area contributed by atoms with E-state index in [4.69, 9.17) is 4.74 Å². The van der Waals surface area contributed by atoms with Crippen LogP contribution in [-0.2, 0) is 9.53 Å². The van der Waals surface area contributed by atoms with Crippen molar-refractivity contribution in [2.24, 2.45) is 11.8 Å². The highest BCUT2D eigenvalue weighted by atomic mass is 16.5. The van der Waals surface area contributed by atoms with Gasteiger partial charge in [-0.3, -0.25) is 4.79 Å². The lowest BCUT2D eigenvalue weighted by Crippen LogP contribution is -2.00. The summed E-state index contributed by atoms with van der Waals surface area (Å²) in [5, 5.41) is 0. The highest BCUT2D eigenvalue weighted by Gasteiger charge is 2.05. The summed E-state index contributed by atoms with van der Waals surface area (Å²) in [4.78, 5) is 10.7. The number of hydrogen-bond acceptors (Lipinski definition) is 2. The fourth-order valence-electron chi connectivity index (χ4n) is 1.35. The number of allylic oxidation sites excluding steroid dienone is 3. The van der Waals surface area contributed by atoms with E-state index in [0.717, 1.165) is 12.0 Å². The zero-order valence-electron chi connectivity index (χ0n) is 11.5. The Kier molecular flexibility index (Phi) is 7.27. The molecule has 0 rings (SSSR count). The highest BCUT2D eigenvalue weighted by Crippen LogP contribution is 2.19. The number of rotatable bonds is 7. The van der Waals surface area contributed by atoms with Gasteiger partial charge in [0.2, 0.25) is 0 Å². The molecule has 0 aromatic heterocycles. The average molecular weight is 236 g/mol. The molecular weight excluding hydrogens is 212 g/mol. The van der Waals surface area contributed by atoms with Crippen LogP contribution in [0.5, 0.6) is 0 Å². The zero-order valence-corrected chi connectivity index (χ0v) is 11.5. The van der Waals surface area contributed by atoms with Crippen molar-refractivity contribution in [3.8, 4) is 0 Å². The van der Waals surface area contributed by atoms with Crippen LogP contribution < -0.4 is 0 Å². The second kappa shape index (κ2) is 7.88. The van der Waals surface area contributed by atoms with E-state index < -0.39 is 0 Å². The van der Waals surface area contributed by atoms with Gasteiger partial charge < -0.3 is 4.74 Å². The van der Waals surface area contributed by atoms with Crippen LogP contribution >= 0.6 is 0 Å². The molecule has 1 unspecified atom stereocenters. The fraction of sp³-hybridized carbons (Fsp3) is 0.533. The molecule has 2 heteroatoms. The van der Waals surface area contributed by atoms with E-state index in [0.29, 0.717) is 17.6 Å². The number of carbonyl (C=O) groups is 1. The van der Waals surface area contributed by atoms with Gasteiger partial charge >= 0.3 is 5.97 Å². The first-order valence-electron chi connectivity index (χ1n) is 6.07. The first-order valence-corrected chi connectivity index (χ1v) is 6.07. The Balaban J connectivity index is 4.10. The predicted molar refractivity (Wildman–Crippen MR) is 72.4 cm³/mol. The van der Waals surface area contributed by atoms with Gasteiger partial charge in [0.15, 0.2) is 0 Å². The van der Waals surface area contributed by atoms with Gasteiger partial charge in [0, 0.05) is 6.92 Å². The van der Waals surface area contributed by atoms with E-state index >= 15 is 0 Å². The largest absolute Gasteiger partial charge is 0.427 e. The van der Waals surface area contributed by atoms with Crippen LogP contribution in [0.1, 0.15) is 40.5 Å². The molecule has 0 aromatic rings. The summed E-state index contributed by atoms with van der Waals surface area (Å²) >= 11 is 0. The van der Waals surface area contributed by atoms with Crippen molar-refractivity contribution in [1.29, 1.82) is 0 Å². The van der Waals surface area contributed by atoms with Crippen LogP contribution in [0.2, 0.25) is 0 Å². The van der Waals surface area contributed by atoms with Crippen molar-refractivity contribution < 1.29 is 9.53 Å². The molecule has 0 aromatic carbocycles. The molecule has 0 bridgehead atoms. The molecule has 0 amide bonds. The molecule has 17 heavy (non-hydrogen) atoms. The Labute approximate surface area is 105 Å². The van der Waals surface area contributed by atoms with Gasteiger partial charge in [0.25, 0.3) is 0 Å². The third-order valence-electron chi connectivity index (χ3n) is 2.57. The molecule has 0 spiro atoms. The molecular formula is C15H24O2. The van der Waals surface area contributed by atoms with Crippen molar-refractivity contribution in [3.05, 3.63) is 36.6 Å². The summed E-state index contributed by atoms with van der Waals surface area (Å²) in [6, 6.07) is 0. The molecule has 0 fully saturated rings. The molecule has 1 atom stereocenters. The van der Waals surface area contributed by atoms with Crippen molar-refractivity contribution in [1.82, 2.24) is 0 Å². The second-order valence-corrected chi connectivity index (χ2v) is 4.84. The van der Waals surface area contributed by atoms with Crippen LogP contribution in [0, 0.1) is 11.8 Å². The van der Waals surface area contributed by atoms with Crippen LogP contribution in [0.3, 0.4) is 0 Å². The Morgan fingerprint density at radius 3 is 2.24 bits per heavy atom. The summed E-state index contributed by atoms with van der Waals surface area (Å²) in [7, 11) is 0. The maximum absolute atomic E-state index is 10.7. The lowest BCUT2D eigenvalue weighted by Gasteiger charge is -2.13. The summed E-state index contributed by atoms with van der Waals surface area (Å²) in [6.07, 6.45) is 5.88. The Morgan fingerprint density at radius 2 is 1.76 bits per heavy atom. The van der Waals surface area contributed by atoms with Crippen molar-refractivity contribution in [2.45, 2.75) is 40.5 Å². The van der Waals surface area contributed by atoms with Gasteiger partial charge in [-0.2, -0.15) is 0 Å². The second-order valence-electron chi connectivity index (χ2n) is 4.84. The van der Waals surface area contributed by atoms with E-state index in [2.05, 4.69) is 33.9 Å². The maximum atomic E-state index is 10.7. The van der Waals surface area contributed by atoms with E-state index in [1.165, 1.54) is 13.3 Å². The van der Waals surface area contributed by atoms with E-state index in [9.17, 15) is 4.79 Å². The molecule has 0 saturated carbocycles. The normalized spacial score (nSPS) is 12.8. The molecule has 0 N–H and O–H groups in total. The Morgan fingerprint density at radius 1 is 1.18 bits per heavy atom. The lowest BCUT2D eigenvalue weighted by atomic mass is 9.93. The van der Waals surface area contributed by atoms with Crippen LogP contribution in [0.15, 0.2) is 36.6 Å². The lowest BCUT2D eigenvalue weighted by molar-refractivity contribution is -0.136. The maximum Gasteiger partial charge on any atom is 0.308 e. The van der Waals surface area contributed by atoms with Gasteiger partial charge in [0.1, 0.15) is 5.76 Å². The monoisotopic (exact) mass is 236 g/mol. The zero-order chi connectivity index (χ0) is 13.4. The van der Waals surface area contributed by atoms with Gasteiger partial charge in [0.05, 0.1) is 0 Å². The first-order chi connectivity index (χ1) is 7.82. The van der Waals surface area contributed by atoms with Crippen molar-refractivity contribution >= 4 is 5.97 Å². The molecule has 0 aliphatic rings. The van der Waals surface area contributed by atoms with E-state index in [1.54, 1.807) is 6.08 Å². The Bertz CT molecular complexity index is 311. The average Bonchev–Trinajstić information content (AvgIpc) is 2.21. The number of esters is 1. The molecule has 0 heterocycles.